The normalized spacial score (nSPS) is 12.0. The van der Waals surface area contributed by atoms with E-state index in [-0.39, 0.29) is 22.4 Å². The van der Waals surface area contributed by atoms with Crippen LogP contribution in [0.25, 0.3) is 0 Å². The summed E-state index contributed by atoms with van der Waals surface area (Å²) in [5.74, 6) is -0.620. The molecule has 0 aliphatic carbocycles. The second-order valence-electron chi connectivity index (χ2n) is 5.63. The van der Waals surface area contributed by atoms with E-state index in [0.717, 1.165) is 5.56 Å². The first-order valence-corrected chi connectivity index (χ1v) is 7.85. The molecule has 1 unspecified atom stereocenters. The van der Waals surface area contributed by atoms with Crippen LogP contribution in [0.4, 0.5) is 15.8 Å². The van der Waals surface area contributed by atoms with Crippen molar-refractivity contribution in [1.29, 1.82) is 0 Å². The predicted molar refractivity (Wildman–Crippen MR) is 94.1 cm³/mol. The third kappa shape index (κ3) is 4.98. The molecule has 132 valence electrons. The number of nitrogens with zero attached hydrogens (tertiary/aromatic N) is 2. The van der Waals surface area contributed by atoms with E-state index in [4.69, 9.17) is 11.6 Å². The maximum Gasteiger partial charge on any atom is 0.271 e. The Balaban J connectivity index is 2.01. The first-order chi connectivity index (χ1) is 11.8. The van der Waals surface area contributed by atoms with Crippen molar-refractivity contribution in [2.75, 3.05) is 12.4 Å². The quantitative estimate of drug-likeness (QED) is 0.623. The Morgan fingerprint density at radius 1 is 1.32 bits per heavy atom. The maximum absolute atomic E-state index is 12.9. The van der Waals surface area contributed by atoms with Gasteiger partial charge in [-0.2, -0.15) is 0 Å². The molecule has 0 saturated heterocycles. The van der Waals surface area contributed by atoms with Crippen LogP contribution in [0.2, 0.25) is 5.02 Å². The molecule has 0 radical (unpaired) electrons. The SMILES string of the molecule is CC(C(=O)Nc1ccc([N+](=O)[O-])cc1Cl)N(C)Cc1ccc(F)cc1. The van der Waals surface area contributed by atoms with Crippen LogP contribution in [-0.2, 0) is 11.3 Å². The summed E-state index contributed by atoms with van der Waals surface area (Å²) in [5.41, 5.74) is 1.03. The Hall–Kier alpha value is -2.51. The van der Waals surface area contributed by atoms with E-state index in [1.165, 1.54) is 30.3 Å². The van der Waals surface area contributed by atoms with Crippen molar-refractivity contribution in [2.45, 2.75) is 19.5 Å². The molecule has 0 bridgehead atoms. The second kappa shape index (κ2) is 8.04. The minimum absolute atomic E-state index is 0.0935. The smallest absolute Gasteiger partial charge is 0.271 e. The zero-order chi connectivity index (χ0) is 18.6. The maximum atomic E-state index is 12.9. The van der Waals surface area contributed by atoms with Gasteiger partial charge in [0.2, 0.25) is 5.91 Å². The summed E-state index contributed by atoms with van der Waals surface area (Å²) in [7, 11) is 1.77. The summed E-state index contributed by atoms with van der Waals surface area (Å²) < 4.78 is 12.9. The zero-order valence-electron chi connectivity index (χ0n) is 13.7. The van der Waals surface area contributed by atoms with Gasteiger partial charge in [0.05, 0.1) is 21.7 Å². The number of hydrogen-bond acceptors (Lipinski definition) is 4. The number of anilines is 1. The fraction of sp³-hybridized carbons (Fsp3) is 0.235. The number of non-ortho nitro benzene ring substituents is 1. The van der Waals surface area contributed by atoms with Crippen LogP contribution >= 0.6 is 11.6 Å². The lowest BCUT2D eigenvalue weighted by molar-refractivity contribution is -0.384. The summed E-state index contributed by atoms with van der Waals surface area (Å²) in [5, 5.41) is 13.5. The van der Waals surface area contributed by atoms with Gasteiger partial charge in [-0.1, -0.05) is 23.7 Å². The van der Waals surface area contributed by atoms with Crippen molar-refractivity contribution in [2.24, 2.45) is 0 Å². The molecule has 6 nitrogen and oxygen atoms in total. The Morgan fingerprint density at radius 2 is 1.96 bits per heavy atom. The standard InChI is InChI=1S/C17H17ClFN3O3/c1-11(21(2)10-12-3-5-13(19)6-4-12)17(23)20-16-8-7-14(22(24)25)9-15(16)18/h3-9,11H,10H2,1-2H3,(H,20,23). The summed E-state index contributed by atoms with van der Waals surface area (Å²) in [4.78, 5) is 24.3. The molecule has 0 aliphatic heterocycles. The van der Waals surface area contributed by atoms with Crippen LogP contribution in [0.15, 0.2) is 42.5 Å². The summed E-state index contributed by atoms with van der Waals surface area (Å²) in [6.07, 6.45) is 0. The van der Waals surface area contributed by atoms with Gasteiger partial charge >= 0.3 is 0 Å². The zero-order valence-corrected chi connectivity index (χ0v) is 14.5. The van der Waals surface area contributed by atoms with Crippen molar-refractivity contribution in [3.05, 3.63) is 69.0 Å². The molecule has 1 N–H and O–H groups in total. The number of nitro benzene ring substituents is 1. The average molecular weight is 366 g/mol. The van der Waals surface area contributed by atoms with Crippen LogP contribution < -0.4 is 5.32 Å². The third-order valence-electron chi connectivity index (χ3n) is 3.81. The van der Waals surface area contributed by atoms with Crippen LogP contribution in [-0.4, -0.2) is 28.8 Å². The number of nitro groups is 1. The fourth-order valence-corrected chi connectivity index (χ4v) is 2.39. The summed E-state index contributed by atoms with van der Waals surface area (Å²) in [6, 6.07) is 9.41. The number of halogens is 2. The third-order valence-corrected chi connectivity index (χ3v) is 4.12. The lowest BCUT2D eigenvalue weighted by Gasteiger charge is -2.24. The molecule has 0 saturated carbocycles. The van der Waals surface area contributed by atoms with Crippen molar-refractivity contribution < 1.29 is 14.1 Å². The predicted octanol–water partition coefficient (Wildman–Crippen LogP) is 3.85. The average Bonchev–Trinajstić information content (AvgIpc) is 2.57. The molecule has 2 aromatic rings. The van der Waals surface area contributed by atoms with Gasteiger partial charge in [-0.25, -0.2) is 4.39 Å². The van der Waals surface area contributed by atoms with E-state index in [1.54, 1.807) is 31.0 Å². The lowest BCUT2D eigenvalue weighted by Crippen LogP contribution is -2.39. The highest BCUT2D eigenvalue weighted by Crippen LogP contribution is 2.26. The first kappa shape index (κ1) is 18.8. The summed E-state index contributed by atoms with van der Waals surface area (Å²) in [6.45, 7) is 2.18. The fourth-order valence-electron chi connectivity index (χ4n) is 2.17. The highest BCUT2D eigenvalue weighted by Gasteiger charge is 2.20. The van der Waals surface area contributed by atoms with Crippen molar-refractivity contribution in [3.63, 3.8) is 0 Å². The van der Waals surface area contributed by atoms with E-state index in [1.807, 2.05) is 0 Å². The molecule has 8 heteroatoms. The Bertz CT molecular complexity index is 783. The van der Waals surface area contributed by atoms with E-state index in [2.05, 4.69) is 5.32 Å². The van der Waals surface area contributed by atoms with Crippen molar-refractivity contribution in [1.82, 2.24) is 4.90 Å². The molecule has 1 atom stereocenters. The Labute approximate surface area is 149 Å². The molecule has 2 aromatic carbocycles. The van der Waals surface area contributed by atoms with Crippen LogP contribution in [0, 0.1) is 15.9 Å². The van der Waals surface area contributed by atoms with Gasteiger partial charge in [-0.3, -0.25) is 19.8 Å². The molecule has 0 spiro atoms. The molecule has 2 rings (SSSR count). The lowest BCUT2D eigenvalue weighted by atomic mass is 10.2. The van der Waals surface area contributed by atoms with Gasteiger partial charge in [0, 0.05) is 18.7 Å². The molecule has 0 heterocycles. The minimum Gasteiger partial charge on any atom is -0.323 e. The van der Waals surface area contributed by atoms with Gasteiger partial charge in [-0.15, -0.1) is 0 Å². The van der Waals surface area contributed by atoms with Crippen LogP contribution in [0.5, 0.6) is 0 Å². The number of rotatable bonds is 6. The van der Waals surface area contributed by atoms with Crippen molar-refractivity contribution in [3.8, 4) is 0 Å². The number of amides is 1. The van der Waals surface area contributed by atoms with Gasteiger partial charge in [-0.05, 0) is 37.7 Å². The van der Waals surface area contributed by atoms with Gasteiger partial charge in [0.1, 0.15) is 5.82 Å². The van der Waals surface area contributed by atoms with Gasteiger partial charge in [0.15, 0.2) is 0 Å². The van der Waals surface area contributed by atoms with Crippen LogP contribution in [0.1, 0.15) is 12.5 Å². The Kier molecular flexibility index (Phi) is 6.06. The topological polar surface area (TPSA) is 75.5 Å². The first-order valence-electron chi connectivity index (χ1n) is 7.47. The molecule has 0 aromatic heterocycles. The van der Waals surface area contributed by atoms with Gasteiger partial charge < -0.3 is 5.32 Å². The minimum atomic E-state index is -0.559. The molecular weight excluding hydrogens is 349 g/mol. The number of hydrogen-bond donors (Lipinski definition) is 1. The van der Waals surface area contributed by atoms with Crippen molar-refractivity contribution >= 4 is 28.9 Å². The molecular formula is C17H17ClFN3O3. The second-order valence-corrected chi connectivity index (χ2v) is 6.04. The molecule has 25 heavy (non-hydrogen) atoms. The van der Waals surface area contributed by atoms with E-state index in [0.29, 0.717) is 12.2 Å². The van der Waals surface area contributed by atoms with Crippen LogP contribution in [0.3, 0.4) is 0 Å². The highest BCUT2D eigenvalue weighted by atomic mass is 35.5. The molecule has 1 amide bonds. The number of likely N-dealkylation sites (N-methyl/N-ethyl adjacent to an activating group) is 1. The number of carbonyl (C=O) groups excluding carboxylic acids is 1. The van der Waals surface area contributed by atoms with Gasteiger partial charge in [0.25, 0.3) is 5.69 Å². The monoisotopic (exact) mass is 365 g/mol. The number of benzene rings is 2. The highest BCUT2D eigenvalue weighted by molar-refractivity contribution is 6.34. The Morgan fingerprint density at radius 3 is 2.52 bits per heavy atom. The molecule has 0 aliphatic rings. The largest absolute Gasteiger partial charge is 0.323 e. The van der Waals surface area contributed by atoms with E-state index < -0.39 is 11.0 Å². The number of nitrogens with one attached hydrogen (secondary N) is 1. The van der Waals surface area contributed by atoms with E-state index in [9.17, 15) is 19.3 Å². The summed E-state index contributed by atoms with van der Waals surface area (Å²) >= 11 is 5.98. The number of carbonyl (C=O) groups is 1. The van der Waals surface area contributed by atoms with E-state index >= 15 is 0 Å². The molecule has 0 fully saturated rings.